The Hall–Kier alpha value is -0.990. The molecular weight excluding hydrogens is 663 g/mol. The third-order valence-corrected chi connectivity index (χ3v) is 11.1. The van der Waals surface area contributed by atoms with Gasteiger partial charge < -0.3 is 30.8 Å². The van der Waals surface area contributed by atoms with Gasteiger partial charge in [0.05, 0.1) is 31.0 Å². The van der Waals surface area contributed by atoms with Crippen molar-refractivity contribution in [1.82, 2.24) is 5.32 Å². The second-order valence-corrected chi connectivity index (χ2v) is 16.3. The third-order valence-electron chi connectivity index (χ3n) is 11.1. The van der Waals surface area contributed by atoms with Crippen LogP contribution in [0.2, 0.25) is 0 Å². The monoisotopic (exact) mass is 754 g/mol. The van der Waals surface area contributed by atoms with E-state index in [9.17, 15) is 30.3 Å². The highest BCUT2D eigenvalue weighted by Crippen LogP contribution is 2.17. The Morgan fingerprint density at radius 3 is 1.21 bits per heavy atom. The van der Waals surface area contributed by atoms with Gasteiger partial charge in [-0.25, -0.2) is 0 Å². The van der Waals surface area contributed by atoms with Crippen LogP contribution in [0.3, 0.4) is 0 Å². The zero-order valence-corrected chi connectivity index (χ0v) is 35.1. The molecule has 0 aromatic carbocycles. The molecule has 0 aromatic heterocycles. The maximum absolute atomic E-state index is 12.5. The minimum atomic E-state index is -1.24. The summed E-state index contributed by atoms with van der Waals surface area (Å²) in [5.41, 5.74) is 0. The third kappa shape index (κ3) is 35.2. The summed E-state index contributed by atoms with van der Waals surface area (Å²) in [6.07, 6.45) is 40.9. The van der Waals surface area contributed by atoms with Crippen molar-refractivity contribution in [3.05, 3.63) is 12.2 Å². The number of rotatable bonds is 42. The first-order valence-corrected chi connectivity index (χ1v) is 23.2. The Kier molecular flexibility index (Phi) is 39.9. The standard InChI is InChI=1S/C46H91NO6/c1-3-5-7-9-11-13-15-17-19-20-21-22-23-24-26-27-29-31-33-35-37-42(49)45(52)39-44(51)41(40-48)47-46(53)43(50)38-36-34-32-30-28-25-18-16-14-12-10-8-6-4-2/h31,33,41-45,48-52H,3-30,32,34-40H2,1-2H3,(H,47,53)/b33-31+/t41-,42-,43+,44-,45+/m0/s1. The highest BCUT2D eigenvalue weighted by molar-refractivity contribution is 5.80. The fraction of sp³-hybridized carbons (Fsp3) is 0.935. The summed E-state index contributed by atoms with van der Waals surface area (Å²) in [5.74, 6) is -0.623. The van der Waals surface area contributed by atoms with Gasteiger partial charge in [0.15, 0.2) is 0 Å². The lowest BCUT2D eigenvalue weighted by molar-refractivity contribution is -0.132. The molecule has 0 aromatic rings. The average molecular weight is 754 g/mol. The van der Waals surface area contributed by atoms with Crippen LogP contribution in [0.15, 0.2) is 12.2 Å². The van der Waals surface area contributed by atoms with E-state index < -0.39 is 43.0 Å². The molecule has 7 heteroatoms. The Morgan fingerprint density at radius 1 is 0.453 bits per heavy atom. The van der Waals surface area contributed by atoms with Crippen molar-refractivity contribution in [3.63, 3.8) is 0 Å². The second kappa shape index (κ2) is 40.7. The van der Waals surface area contributed by atoms with Crippen molar-refractivity contribution in [2.45, 2.75) is 269 Å². The van der Waals surface area contributed by atoms with Gasteiger partial charge in [-0.1, -0.05) is 212 Å². The molecule has 0 unspecified atom stereocenters. The summed E-state index contributed by atoms with van der Waals surface area (Å²) in [6.45, 7) is 4.01. The molecule has 6 N–H and O–H groups in total. The van der Waals surface area contributed by atoms with Crippen LogP contribution in [-0.4, -0.2) is 68.5 Å². The molecule has 7 nitrogen and oxygen atoms in total. The predicted molar refractivity (Wildman–Crippen MR) is 225 cm³/mol. The highest BCUT2D eigenvalue weighted by atomic mass is 16.3. The molecule has 0 aliphatic rings. The Labute approximate surface area is 328 Å². The number of hydrogen-bond acceptors (Lipinski definition) is 6. The van der Waals surface area contributed by atoms with E-state index in [0.29, 0.717) is 19.3 Å². The minimum absolute atomic E-state index is 0.176. The normalized spacial score (nSPS) is 14.8. The lowest BCUT2D eigenvalue weighted by atomic mass is 9.98. The Bertz CT molecular complexity index is 779. The molecule has 0 rings (SSSR count). The van der Waals surface area contributed by atoms with Gasteiger partial charge in [-0.2, -0.15) is 0 Å². The number of amides is 1. The lowest BCUT2D eigenvalue weighted by Gasteiger charge is -2.27. The van der Waals surface area contributed by atoms with E-state index in [2.05, 4.69) is 25.2 Å². The molecule has 0 spiro atoms. The quantitative estimate of drug-likeness (QED) is 0.0272. The van der Waals surface area contributed by atoms with Crippen LogP contribution >= 0.6 is 0 Å². The fourth-order valence-electron chi connectivity index (χ4n) is 7.28. The molecule has 1 amide bonds. The number of hydrogen-bond donors (Lipinski definition) is 6. The number of aliphatic hydroxyl groups is 5. The van der Waals surface area contributed by atoms with Gasteiger partial charge in [0.2, 0.25) is 5.91 Å². The number of aliphatic hydroxyl groups excluding tert-OH is 5. The number of unbranched alkanes of at least 4 members (excludes halogenated alkanes) is 29. The van der Waals surface area contributed by atoms with Gasteiger partial charge in [-0.05, 0) is 32.1 Å². The van der Waals surface area contributed by atoms with Crippen molar-refractivity contribution < 1.29 is 30.3 Å². The molecule has 5 atom stereocenters. The van der Waals surface area contributed by atoms with Crippen molar-refractivity contribution in [2.24, 2.45) is 0 Å². The van der Waals surface area contributed by atoms with Crippen molar-refractivity contribution in [3.8, 4) is 0 Å². The lowest BCUT2D eigenvalue weighted by Crippen LogP contribution is -2.50. The zero-order chi connectivity index (χ0) is 39.0. The van der Waals surface area contributed by atoms with E-state index in [1.54, 1.807) is 0 Å². The van der Waals surface area contributed by atoms with Gasteiger partial charge in [0.25, 0.3) is 0 Å². The largest absolute Gasteiger partial charge is 0.394 e. The molecule has 0 aliphatic carbocycles. The van der Waals surface area contributed by atoms with Gasteiger partial charge >= 0.3 is 0 Å². The van der Waals surface area contributed by atoms with Crippen LogP contribution in [0.1, 0.15) is 239 Å². The van der Waals surface area contributed by atoms with E-state index in [-0.39, 0.29) is 6.42 Å². The summed E-state index contributed by atoms with van der Waals surface area (Å²) in [6, 6.07) is -1.02. The van der Waals surface area contributed by atoms with Crippen LogP contribution in [0.5, 0.6) is 0 Å². The molecule has 0 saturated heterocycles. The molecule has 316 valence electrons. The minimum Gasteiger partial charge on any atom is -0.394 e. The maximum Gasteiger partial charge on any atom is 0.249 e. The number of allylic oxidation sites excluding steroid dienone is 2. The highest BCUT2D eigenvalue weighted by Gasteiger charge is 2.28. The SMILES string of the molecule is CCCCCCCCCCCCCCCCCC/C=C/CC[C@H](O)[C@H](O)C[C@H](O)[C@H](CO)NC(=O)[C@H](O)CCCCCCCCCCCCCCCC. The van der Waals surface area contributed by atoms with E-state index in [4.69, 9.17) is 0 Å². The molecule has 0 fully saturated rings. The van der Waals surface area contributed by atoms with E-state index in [1.807, 2.05) is 6.08 Å². The van der Waals surface area contributed by atoms with Crippen LogP contribution in [0, 0.1) is 0 Å². The van der Waals surface area contributed by atoms with Crippen LogP contribution in [0.25, 0.3) is 0 Å². The molecule has 0 heterocycles. The second-order valence-electron chi connectivity index (χ2n) is 16.3. The summed E-state index contributed by atoms with van der Waals surface area (Å²) in [4.78, 5) is 12.5. The first-order valence-electron chi connectivity index (χ1n) is 23.2. The molecule has 0 saturated carbocycles. The molecule has 53 heavy (non-hydrogen) atoms. The average Bonchev–Trinajstić information content (AvgIpc) is 3.15. The summed E-state index contributed by atoms with van der Waals surface area (Å²) >= 11 is 0. The Morgan fingerprint density at radius 2 is 0.811 bits per heavy atom. The first-order chi connectivity index (χ1) is 25.9. The smallest absolute Gasteiger partial charge is 0.249 e. The number of carbonyl (C=O) groups is 1. The molecule has 0 aliphatic heterocycles. The predicted octanol–water partition coefficient (Wildman–Crippen LogP) is 11.2. The first kappa shape index (κ1) is 52.0. The van der Waals surface area contributed by atoms with Crippen molar-refractivity contribution >= 4 is 5.91 Å². The van der Waals surface area contributed by atoms with E-state index >= 15 is 0 Å². The van der Waals surface area contributed by atoms with E-state index in [1.165, 1.54) is 173 Å². The van der Waals surface area contributed by atoms with Crippen LogP contribution in [-0.2, 0) is 4.79 Å². The van der Waals surface area contributed by atoms with Gasteiger partial charge in [0, 0.05) is 6.42 Å². The summed E-state index contributed by atoms with van der Waals surface area (Å²) in [5, 5.41) is 54.0. The molecule has 0 bridgehead atoms. The van der Waals surface area contributed by atoms with Crippen molar-refractivity contribution in [2.75, 3.05) is 6.61 Å². The maximum atomic E-state index is 12.5. The van der Waals surface area contributed by atoms with Gasteiger partial charge in [0.1, 0.15) is 6.10 Å². The molecule has 0 radical (unpaired) electrons. The van der Waals surface area contributed by atoms with Crippen LogP contribution in [0.4, 0.5) is 0 Å². The topological polar surface area (TPSA) is 130 Å². The van der Waals surface area contributed by atoms with Gasteiger partial charge in [-0.3, -0.25) is 4.79 Å². The van der Waals surface area contributed by atoms with E-state index in [0.717, 1.165) is 25.7 Å². The van der Waals surface area contributed by atoms with Gasteiger partial charge in [-0.15, -0.1) is 0 Å². The van der Waals surface area contributed by atoms with Crippen molar-refractivity contribution in [1.29, 1.82) is 0 Å². The zero-order valence-electron chi connectivity index (χ0n) is 35.1. The number of carbonyl (C=O) groups excluding carboxylic acids is 1. The number of nitrogens with one attached hydrogen (secondary N) is 1. The summed E-state index contributed by atoms with van der Waals surface area (Å²) < 4.78 is 0. The fourth-order valence-corrected chi connectivity index (χ4v) is 7.28. The van der Waals surface area contributed by atoms with Crippen LogP contribution < -0.4 is 5.32 Å². The Balaban J connectivity index is 3.82. The molecular formula is C46H91NO6. The summed E-state index contributed by atoms with van der Waals surface area (Å²) in [7, 11) is 0.